The van der Waals surface area contributed by atoms with Gasteiger partial charge in [0.15, 0.2) is 11.6 Å². The molecule has 0 saturated heterocycles. The molecule has 0 radical (unpaired) electrons. The van der Waals surface area contributed by atoms with Crippen molar-refractivity contribution in [2.75, 3.05) is 34.5 Å². The molecule has 0 N–H and O–H groups in total. The predicted molar refractivity (Wildman–Crippen MR) is 143 cm³/mol. The van der Waals surface area contributed by atoms with Gasteiger partial charge in [0.05, 0.1) is 44.6 Å². The highest BCUT2D eigenvalue weighted by Crippen LogP contribution is 2.44. The molecule has 1 aromatic heterocycles. The number of halogens is 3. The molecule has 0 saturated carbocycles. The zero-order valence-electron chi connectivity index (χ0n) is 20.2. The molecule has 4 rings (SSSR count). The van der Waals surface area contributed by atoms with Gasteiger partial charge in [0.25, 0.3) is 0 Å². The Kier molecular flexibility index (Phi) is 8.25. The Labute approximate surface area is 225 Å². The van der Waals surface area contributed by atoms with Crippen LogP contribution in [-0.2, 0) is 6.54 Å². The van der Waals surface area contributed by atoms with Crippen LogP contribution in [0.3, 0.4) is 0 Å². The number of fused-ring (bicyclic) bond motifs is 1. The van der Waals surface area contributed by atoms with Gasteiger partial charge in [-0.3, -0.25) is 0 Å². The monoisotopic (exact) mass is 622 g/mol. The first-order chi connectivity index (χ1) is 17.4. The maximum atomic E-state index is 15.3. The van der Waals surface area contributed by atoms with E-state index in [0.29, 0.717) is 42.8 Å². The zero-order valence-corrected chi connectivity index (χ0v) is 23.4. The van der Waals surface area contributed by atoms with Crippen molar-refractivity contribution in [2.24, 2.45) is 0 Å². The van der Waals surface area contributed by atoms with E-state index in [1.165, 1.54) is 27.4 Å². The number of ether oxygens (including phenoxy) is 5. The van der Waals surface area contributed by atoms with E-state index in [1.54, 1.807) is 10.7 Å². The summed E-state index contributed by atoms with van der Waals surface area (Å²) in [5, 5.41) is 6.72. The van der Waals surface area contributed by atoms with Crippen LogP contribution in [0.25, 0.3) is 22.0 Å². The van der Waals surface area contributed by atoms with Gasteiger partial charge >= 0.3 is 0 Å². The van der Waals surface area contributed by atoms with Crippen molar-refractivity contribution in [2.45, 2.75) is 13.5 Å². The minimum absolute atomic E-state index is 0.0594. The Hall–Kier alpha value is -2.98. The van der Waals surface area contributed by atoms with Crippen LogP contribution in [0.15, 0.2) is 51.4 Å². The minimum atomic E-state index is -0.606. The van der Waals surface area contributed by atoms with Gasteiger partial charge in [-0.2, -0.15) is 5.10 Å². The van der Waals surface area contributed by atoms with Gasteiger partial charge < -0.3 is 23.7 Å². The summed E-state index contributed by atoms with van der Waals surface area (Å²) in [5.41, 5.74) is 0.571. The van der Waals surface area contributed by atoms with Crippen LogP contribution in [0.4, 0.5) is 4.39 Å². The minimum Gasteiger partial charge on any atom is -0.493 e. The Bertz CT molecular complexity index is 1390. The molecule has 0 amide bonds. The first-order valence-electron chi connectivity index (χ1n) is 11.1. The molecule has 4 aromatic rings. The quantitative estimate of drug-likeness (QED) is 0.192. The predicted octanol–water partition coefficient (Wildman–Crippen LogP) is 6.87. The molecule has 7 nitrogen and oxygen atoms in total. The van der Waals surface area contributed by atoms with Gasteiger partial charge in [0, 0.05) is 16.1 Å². The Morgan fingerprint density at radius 2 is 1.67 bits per heavy atom. The number of nitrogens with zero attached hydrogens (tertiary/aromatic N) is 2. The second kappa shape index (κ2) is 11.4. The van der Waals surface area contributed by atoms with Crippen molar-refractivity contribution in [1.82, 2.24) is 9.78 Å². The Morgan fingerprint density at radius 3 is 2.36 bits per heavy atom. The average molecular weight is 624 g/mol. The van der Waals surface area contributed by atoms with Gasteiger partial charge in [-0.05, 0) is 57.9 Å². The molecule has 10 heteroatoms. The SMILES string of the molecule is CCOc1cc(-c2cc(OC)c(OC)c(OC)c2F)nn1CCOc1ccc2cc(Br)ccc2c1Br. The molecule has 0 aliphatic rings. The normalized spacial score (nSPS) is 11.0. The standard InChI is InChI=1S/C26H25Br2FN2O5/c1-5-35-22-14-19(18-13-21(32-2)25(33-3)26(34-4)24(18)29)30-31(22)10-11-36-20-9-6-15-12-16(27)7-8-17(15)23(20)28/h6-9,12-14H,5,10-11H2,1-4H3. The number of hydrogen-bond acceptors (Lipinski definition) is 6. The largest absolute Gasteiger partial charge is 0.493 e. The van der Waals surface area contributed by atoms with Crippen LogP contribution < -0.4 is 23.7 Å². The van der Waals surface area contributed by atoms with E-state index in [-0.39, 0.29) is 17.1 Å². The molecular weight excluding hydrogens is 599 g/mol. The molecule has 0 spiro atoms. The third-order valence-electron chi connectivity index (χ3n) is 5.52. The summed E-state index contributed by atoms with van der Waals surface area (Å²) >= 11 is 7.15. The summed E-state index contributed by atoms with van der Waals surface area (Å²) in [7, 11) is 4.27. The second-order valence-electron chi connectivity index (χ2n) is 7.62. The van der Waals surface area contributed by atoms with Crippen molar-refractivity contribution < 1.29 is 28.1 Å². The maximum absolute atomic E-state index is 15.3. The lowest BCUT2D eigenvalue weighted by atomic mass is 10.1. The second-order valence-corrected chi connectivity index (χ2v) is 9.33. The molecular formula is C26H25Br2FN2O5. The highest BCUT2D eigenvalue weighted by atomic mass is 79.9. The fourth-order valence-corrected chi connectivity index (χ4v) is 4.85. The fourth-order valence-electron chi connectivity index (χ4n) is 3.86. The van der Waals surface area contributed by atoms with Gasteiger partial charge in [0.1, 0.15) is 12.4 Å². The van der Waals surface area contributed by atoms with Crippen molar-refractivity contribution in [3.63, 3.8) is 0 Å². The van der Waals surface area contributed by atoms with Crippen LogP contribution in [0, 0.1) is 5.82 Å². The summed E-state index contributed by atoms with van der Waals surface area (Å²) in [6.45, 7) is 3.00. The van der Waals surface area contributed by atoms with Crippen LogP contribution in [0.2, 0.25) is 0 Å². The van der Waals surface area contributed by atoms with Gasteiger partial charge in [-0.15, -0.1) is 0 Å². The van der Waals surface area contributed by atoms with Gasteiger partial charge in [-0.1, -0.05) is 28.1 Å². The van der Waals surface area contributed by atoms with Gasteiger partial charge in [0.2, 0.25) is 17.4 Å². The lowest BCUT2D eigenvalue weighted by Gasteiger charge is -2.14. The van der Waals surface area contributed by atoms with Gasteiger partial charge in [-0.25, -0.2) is 9.07 Å². The lowest BCUT2D eigenvalue weighted by molar-refractivity contribution is 0.259. The van der Waals surface area contributed by atoms with E-state index in [0.717, 1.165) is 19.7 Å². The number of hydrogen-bond donors (Lipinski definition) is 0. The molecule has 0 fully saturated rings. The Balaban J connectivity index is 1.60. The zero-order chi connectivity index (χ0) is 25.8. The molecule has 0 atom stereocenters. The van der Waals surface area contributed by atoms with Crippen molar-refractivity contribution in [3.05, 3.63) is 57.2 Å². The molecule has 0 unspecified atom stereocenters. The molecule has 190 valence electrons. The smallest absolute Gasteiger partial charge is 0.212 e. The molecule has 36 heavy (non-hydrogen) atoms. The number of benzene rings is 3. The highest BCUT2D eigenvalue weighted by Gasteiger charge is 2.24. The van der Waals surface area contributed by atoms with Crippen LogP contribution in [0.1, 0.15) is 6.92 Å². The fraction of sp³-hybridized carbons (Fsp3) is 0.269. The van der Waals surface area contributed by atoms with Crippen LogP contribution >= 0.6 is 31.9 Å². The number of rotatable bonds is 10. The van der Waals surface area contributed by atoms with Crippen molar-refractivity contribution in [3.8, 4) is 40.1 Å². The van der Waals surface area contributed by atoms with Crippen molar-refractivity contribution >= 4 is 42.6 Å². The van der Waals surface area contributed by atoms with E-state index >= 15 is 4.39 Å². The Morgan fingerprint density at radius 1 is 0.889 bits per heavy atom. The summed E-state index contributed by atoms with van der Waals surface area (Å²) in [6.07, 6.45) is 0. The highest BCUT2D eigenvalue weighted by molar-refractivity contribution is 9.11. The van der Waals surface area contributed by atoms with E-state index in [2.05, 4.69) is 37.0 Å². The molecule has 0 aliphatic heterocycles. The summed E-state index contributed by atoms with van der Waals surface area (Å²) in [6, 6.07) is 13.2. The average Bonchev–Trinajstić information content (AvgIpc) is 3.27. The maximum Gasteiger partial charge on any atom is 0.212 e. The molecule has 0 aliphatic carbocycles. The molecule has 0 bridgehead atoms. The van der Waals surface area contributed by atoms with Crippen LogP contribution in [-0.4, -0.2) is 44.3 Å². The summed E-state index contributed by atoms with van der Waals surface area (Å²) in [4.78, 5) is 0. The van der Waals surface area contributed by atoms with E-state index < -0.39 is 5.82 Å². The number of aromatic nitrogens is 2. The van der Waals surface area contributed by atoms with Crippen LogP contribution in [0.5, 0.6) is 28.9 Å². The first-order valence-corrected chi connectivity index (χ1v) is 12.7. The number of methoxy groups -OCH3 is 3. The summed E-state index contributed by atoms with van der Waals surface area (Å²) < 4.78 is 46.6. The third kappa shape index (κ3) is 5.10. The van der Waals surface area contributed by atoms with E-state index in [9.17, 15) is 0 Å². The molecule has 3 aromatic carbocycles. The van der Waals surface area contributed by atoms with E-state index in [1.807, 2.05) is 37.3 Å². The van der Waals surface area contributed by atoms with Crippen molar-refractivity contribution in [1.29, 1.82) is 0 Å². The topological polar surface area (TPSA) is 64.0 Å². The molecule has 1 heterocycles. The summed E-state index contributed by atoms with van der Waals surface area (Å²) in [5.74, 6) is 1.04. The van der Waals surface area contributed by atoms with E-state index in [4.69, 9.17) is 23.7 Å². The third-order valence-corrected chi connectivity index (χ3v) is 6.83. The first kappa shape index (κ1) is 26.1. The lowest BCUT2D eigenvalue weighted by Crippen LogP contribution is -2.12.